The van der Waals surface area contributed by atoms with E-state index < -0.39 is 0 Å². The zero-order valence-electron chi connectivity index (χ0n) is 9.15. The van der Waals surface area contributed by atoms with E-state index in [9.17, 15) is 0 Å². The summed E-state index contributed by atoms with van der Waals surface area (Å²) in [5.74, 6) is 0.905. The Balaban J connectivity index is 4.67. The summed E-state index contributed by atoms with van der Waals surface area (Å²) in [6.45, 7) is 12.7. The zero-order valence-corrected chi connectivity index (χ0v) is 9.15. The van der Waals surface area contributed by atoms with Crippen LogP contribution in [0.25, 0.3) is 0 Å². The van der Waals surface area contributed by atoms with Gasteiger partial charge in [0.25, 0.3) is 0 Å². The molecule has 12 heavy (non-hydrogen) atoms. The highest BCUT2D eigenvalue weighted by molar-refractivity contribution is 5.99. The lowest BCUT2D eigenvalue weighted by Crippen LogP contribution is -2.10. The molecule has 0 aromatic rings. The molecular formula is C11H21N. The van der Waals surface area contributed by atoms with Crippen LogP contribution in [-0.4, -0.2) is 5.71 Å². The third-order valence-corrected chi connectivity index (χ3v) is 2.44. The van der Waals surface area contributed by atoms with Crippen molar-refractivity contribution < 1.29 is 0 Å². The van der Waals surface area contributed by atoms with Gasteiger partial charge in [-0.25, -0.2) is 0 Å². The fraction of sp³-hybridized carbons (Fsp3) is 0.727. The fourth-order valence-electron chi connectivity index (χ4n) is 1.08. The van der Waals surface area contributed by atoms with Crippen LogP contribution in [0.5, 0.6) is 0 Å². The summed E-state index contributed by atoms with van der Waals surface area (Å²) in [6.07, 6.45) is 0. The maximum Gasteiger partial charge on any atom is 0.0367 e. The Bertz CT molecular complexity index is 197. The average Bonchev–Trinajstić information content (AvgIpc) is 2.00. The molecule has 0 unspecified atom stereocenters. The smallest absolute Gasteiger partial charge is 0.0367 e. The SMILES string of the molecule is C/C(C(=N)C(C)C)=C(/C)C(C)C. The van der Waals surface area contributed by atoms with Gasteiger partial charge in [-0.1, -0.05) is 33.3 Å². The molecular weight excluding hydrogens is 146 g/mol. The Morgan fingerprint density at radius 1 is 0.917 bits per heavy atom. The molecule has 0 aromatic carbocycles. The summed E-state index contributed by atoms with van der Waals surface area (Å²) in [5.41, 5.74) is 3.29. The molecule has 0 bridgehead atoms. The van der Waals surface area contributed by atoms with E-state index in [0.29, 0.717) is 11.8 Å². The second-order valence-electron chi connectivity index (χ2n) is 4.03. The Hall–Kier alpha value is -0.590. The van der Waals surface area contributed by atoms with Gasteiger partial charge in [0.2, 0.25) is 0 Å². The molecule has 0 aliphatic rings. The number of nitrogens with one attached hydrogen (secondary N) is 1. The van der Waals surface area contributed by atoms with Crippen molar-refractivity contribution in [3.63, 3.8) is 0 Å². The van der Waals surface area contributed by atoms with Crippen molar-refractivity contribution in [2.75, 3.05) is 0 Å². The van der Waals surface area contributed by atoms with Crippen molar-refractivity contribution in [2.24, 2.45) is 11.8 Å². The minimum atomic E-state index is 0.346. The second-order valence-corrected chi connectivity index (χ2v) is 4.03. The molecule has 0 aromatic heterocycles. The summed E-state index contributed by atoms with van der Waals surface area (Å²) >= 11 is 0. The van der Waals surface area contributed by atoms with Gasteiger partial charge in [0.15, 0.2) is 0 Å². The van der Waals surface area contributed by atoms with E-state index in [2.05, 4.69) is 41.5 Å². The van der Waals surface area contributed by atoms with E-state index in [-0.39, 0.29) is 0 Å². The van der Waals surface area contributed by atoms with Crippen LogP contribution >= 0.6 is 0 Å². The van der Waals surface area contributed by atoms with Crippen molar-refractivity contribution in [3.8, 4) is 0 Å². The largest absolute Gasteiger partial charge is 0.305 e. The molecule has 1 N–H and O–H groups in total. The van der Waals surface area contributed by atoms with Crippen LogP contribution in [0.1, 0.15) is 41.5 Å². The minimum Gasteiger partial charge on any atom is -0.305 e. The van der Waals surface area contributed by atoms with Crippen molar-refractivity contribution in [1.29, 1.82) is 5.41 Å². The topological polar surface area (TPSA) is 23.9 Å². The summed E-state index contributed by atoms with van der Waals surface area (Å²) in [4.78, 5) is 0. The van der Waals surface area contributed by atoms with Crippen LogP contribution < -0.4 is 0 Å². The van der Waals surface area contributed by atoms with Crippen molar-refractivity contribution in [1.82, 2.24) is 0 Å². The molecule has 0 radical (unpaired) electrons. The minimum absolute atomic E-state index is 0.346. The Morgan fingerprint density at radius 2 is 1.33 bits per heavy atom. The molecule has 1 heteroatoms. The zero-order chi connectivity index (χ0) is 9.89. The molecule has 0 aliphatic heterocycles. The van der Waals surface area contributed by atoms with Crippen molar-refractivity contribution in [3.05, 3.63) is 11.1 Å². The number of rotatable bonds is 3. The van der Waals surface area contributed by atoms with E-state index in [1.54, 1.807) is 0 Å². The fourth-order valence-corrected chi connectivity index (χ4v) is 1.08. The number of hydrogen-bond donors (Lipinski definition) is 1. The van der Waals surface area contributed by atoms with E-state index in [1.165, 1.54) is 11.1 Å². The van der Waals surface area contributed by atoms with E-state index in [4.69, 9.17) is 5.41 Å². The normalized spacial score (nSPS) is 13.7. The maximum atomic E-state index is 7.82. The van der Waals surface area contributed by atoms with Gasteiger partial charge >= 0.3 is 0 Å². The van der Waals surface area contributed by atoms with E-state index in [0.717, 1.165) is 5.71 Å². The predicted molar refractivity (Wildman–Crippen MR) is 55.8 cm³/mol. The van der Waals surface area contributed by atoms with Crippen molar-refractivity contribution >= 4 is 5.71 Å². The first-order valence-electron chi connectivity index (χ1n) is 4.64. The molecule has 0 fully saturated rings. The lowest BCUT2D eigenvalue weighted by molar-refractivity contribution is 0.757. The Kier molecular flexibility index (Phi) is 4.22. The molecule has 0 saturated heterocycles. The number of allylic oxidation sites excluding steroid dienone is 2. The molecule has 0 amide bonds. The van der Waals surface area contributed by atoms with Gasteiger partial charge in [0.05, 0.1) is 0 Å². The lowest BCUT2D eigenvalue weighted by Gasteiger charge is -2.14. The van der Waals surface area contributed by atoms with Crippen LogP contribution in [0.15, 0.2) is 11.1 Å². The summed E-state index contributed by atoms with van der Waals surface area (Å²) in [7, 11) is 0. The average molecular weight is 167 g/mol. The monoisotopic (exact) mass is 167 g/mol. The van der Waals surface area contributed by atoms with E-state index in [1.807, 2.05) is 0 Å². The highest BCUT2D eigenvalue weighted by atomic mass is 14.4. The van der Waals surface area contributed by atoms with Gasteiger partial charge in [0.1, 0.15) is 0 Å². The second kappa shape index (κ2) is 4.44. The molecule has 0 rings (SSSR count). The van der Waals surface area contributed by atoms with Crippen molar-refractivity contribution in [2.45, 2.75) is 41.5 Å². The standard InChI is InChI=1S/C11H21N/c1-7(2)9(5)10(6)11(12)8(3)4/h7-8,12H,1-6H3/b10-9+,12-11?. The van der Waals surface area contributed by atoms with Crippen LogP contribution in [0.3, 0.4) is 0 Å². The van der Waals surface area contributed by atoms with Gasteiger partial charge < -0.3 is 5.41 Å². The van der Waals surface area contributed by atoms with Crippen LogP contribution in [-0.2, 0) is 0 Å². The third kappa shape index (κ3) is 2.80. The summed E-state index contributed by atoms with van der Waals surface area (Å²) < 4.78 is 0. The predicted octanol–water partition coefficient (Wildman–Crippen LogP) is 3.65. The first-order chi connectivity index (χ1) is 5.37. The van der Waals surface area contributed by atoms with E-state index >= 15 is 0 Å². The van der Waals surface area contributed by atoms with Gasteiger partial charge in [-0.3, -0.25) is 0 Å². The molecule has 0 saturated carbocycles. The molecule has 1 nitrogen and oxygen atoms in total. The molecule has 0 aliphatic carbocycles. The highest BCUT2D eigenvalue weighted by Gasteiger charge is 2.09. The lowest BCUT2D eigenvalue weighted by atomic mass is 9.92. The summed E-state index contributed by atoms with van der Waals surface area (Å²) in [6, 6.07) is 0. The molecule has 0 spiro atoms. The van der Waals surface area contributed by atoms with Gasteiger partial charge in [-0.2, -0.15) is 0 Å². The first-order valence-corrected chi connectivity index (χ1v) is 4.64. The Labute approximate surface area is 76.4 Å². The van der Waals surface area contributed by atoms with Crippen LogP contribution in [0.2, 0.25) is 0 Å². The highest BCUT2D eigenvalue weighted by Crippen LogP contribution is 2.17. The molecule has 0 atom stereocenters. The van der Waals surface area contributed by atoms with Gasteiger partial charge in [-0.15, -0.1) is 0 Å². The number of hydrogen-bond acceptors (Lipinski definition) is 1. The van der Waals surface area contributed by atoms with Crippen LogP contribution in [0.4, 0.5) is 0 Å². The molecule has 70 valence electrons. The quantitative estimate of drug-likeness (QED) is 0.620. The maximum absolute atomic E-state index is 7.82. The van der Waals surface area contributed by atoms with Crippen LogP contribution in [0, 0.1) is 17.2 Å². The van der Waals surface area contributed by atoms with Gasteiger partial charge in [-0.05, 0) is 31.3 Å². The Morgan fingerprint density at radius 3 is 1.58 bits per heavy atom. The third-order valence-electron chi connectivity index (χ3n) is 2.44. The molecule has 0 heterocycles. The first kappa shape index (κ1) is 11.4. The van der Waals surface area contributed by atoms with Gasteiger partial charge in [0, 0.05) is 5.71 Å². The summed E-state index contributed by atoms with van der Waals surface area (Å²) in [5, 5.41) is 7.82.